The second-order valence-electron chi connectivity index (χ2n) is 4.95. The summed E-state index contributed by atoms with van der Waals surface area (Å²) in [5.41, 5.74) is 11.9. The first-order chi connectivity index (χ1) is 10.0. The molecule has 0 fully saturated rings. The van der Waals surface area contributed by atoms with Crippen LogP contribution < -0.4 is 22.0 Å². The fourth-order valence-corrected chi connectivity index (χ4v) is 2.60. The molecule has 120 valence electrons. The summed E-state index contributed by atoms with van der Waals surface area (Å²) in [6.07, 6.45) is 1.82. The zero-order valence-electron chi connectivity index (χ0n) is 12.1. The molecule has 1 atom stereocenters. The molecule has 1 aliphatic heterocycles. The third-order valence-electron chi connectivity index (χ3n) is 3.65. The molecule has 0 spiro atoms. The van der Waals surface area contributed by atoms with E-state index in [0.29, 0.717) is 10.9 Å². The van der Waals surface area contributed by atoms with Crippen LogP contribution in [-0.2, 0) is 5.54 Å². The highest BCUT2D eigenvalue weighted by Crippen LogP contribution is 2.28. The van der Waals surface area contributed by atoms with E-state index in [-0.39, 0.29) is 36.5 Å². The van der Waals surface area contributed by atoms with Crippen molar-refractivity contribution < 1.29 is 0 Å². The normalized spacial score (nSPS) is 17.6. The first-order valence-electron chi connectivity index (χ1n) is 6.51. The van der Waals surface area contributed by atoms with Crippen molar-refractivity contribution in [3.05, 3.63) is 70.2 Å². The fraction of sp³-hybridized carbons (Fsp3) is 0.0625. The van der Waals surface area contributed by atoms with Gasteiger partial charge < -0.3 is 11.5 Å². The Labute approximate surface area is 146 Å². The van der Waals surface area contributed by atoms with Crippen LogP contribution in [0.15, 0.2) is 53.5 Å². The van der Waals surface area contributed by atoms with E-state index in [1.54, 1.807) is 12.1 Å². The lowest BCUT2D eigenvalue weighted by Crippen LogP contribution is -2.36. The van der Waals surface area contributed by atoms with Crippen LogP contribution in [0.3, 0.4) is 0 Å². The lowest BCUT2D eigenvalue weighted by molar-refractivity contribution is 0.783. The molecule has 1 unspecified atom stereocenters. The van der Waals surface area contributed by atoms with Gasteiger partial charge in [0.05, 0.1) is 5.36 Å². The zero-order chi connectivity index (χ0) is 15.0. The molecule has 2 aromatic carbocycles. The van der Waals surface area contributed by atoms with Crippen molar-refractivity contribution in [2.45, 2.75) is 5.54 Å². The molecule has 0 aromatic heterocycles. The van der Waals surface area contributed by atoms with Gasteiger partial charge in [-0.1, -0.05) is 42.5 Å². The van der Waals surface area contributed by atoms with Crippen molar-refractivity contribution in [1.29, 1.82) is 10.8 Å². The predicted octanol–water partition coefficient (Wildman–Crippen LogP) is 1.06. The van der Waals surface area contributed by atoms with E-state index in [1.165, 1.54) is 0 Å². The SMILES string of the molecule is Cl.Cl.N=C(N)c1cccc2c1=CC(C(=N)N)(c1ccccc1)N=2. The first kappa shape index (κ1) is 18.7. The summed E-state index contributed by atoms with van der Waals surface area (Å²) < 4.78 is 0. The molecule has 23 heavy (non-hydrogen) atoms. The number of amidine groups is 2. The van der Waals surface area contributed by atoms with Gasteiger partial charge in [0.1, 0.15) is 11.7 Å². The van der Waals surface area contributed by atoms with Crippen molar-refractivity contribution in [2.24, 2.45) is 16.5 Å². The number of halogens is 2. The minimum Gasteiger partial charge on any atom is -0.385 e. The standard InChI is InChI=1S/C16H15N5.2ClH/c17-14(18)11-7-4-8-13-12(11)9-16(21-13,15(19)20)10-5-2-1-3-6-10;;/h1-9H,(H3,17,18)(H3,19,20);2*1H. The van der Waals surface area contributed by atoms with E-state index in [2.05, 4.69) is 4.99 Å². The van der Waals surface area contributed by atoms with E-state index >= 15 is 0 Å². The number of nitrogen functional groups attached to an aromatic ring is 1. The lowest BCUT2D eigenvalue weighted by Gasteiger charge is -2.23. The zero-order valence-corrected chi connectivity index (χ0v) is 13.7. The summed E-state index contributed by atoms with van der Waals surface area (Å²) >= 11 is 0. The molecular weight excluding hydrogens is 333 g/mol. The number of hydrogen-bond acceptors (Lipinski definition) is 3. The predicted molar refractivity (Wildman–Crippen MR) is 97.2 cm³/mol. The van der Waals surface area contributed by atoms with Gasteiger partial charge in [0.2, 0.25) is 0 Å². The van der Waals surface area contributed by atoms with Gasteiger partial charge in [0.15, 0.2) is 5.54 Å². The maximum absolute atomic E-state index is 8.00. The average molecular weight is 350 g/mol. The van der Waals surface area contributed by atoms with E-state index in [4.69, 9.17) is 22.3 Å². The second-order valence-corrected chi connectivity index (χ2v) is 4.95. The van der Waals surface area contributed by atoms with E-state index in [1.807, 2.05) is 42.5 Å². The smallest absolute Gasteiger partial charge is 0.162 e. The Kier molecular flexibility index (Phi) is 5.53. The monoisotopic (exact) mass is 349 g/mol. The quantitative estimate of drug-likeness (QED) is 0.490. The summed E-state index contributed by atoms with van der Waals surface area (Å²) in [4.78, 5) is 4.64. The Bertz CT molecular complexity index is 864. The van der Waals surface area contributed by atoms with Crippen LogP contribution in [0.1, 0.15) is 11.1 Å². The van der Waals surface area contributed by atoms with Crippen LogP contribution in [0.5, 0.6) is 0 Å². The highest BCUT2D eigenvalue weighted by Gasteiger charge is 2.35. The summed E-state index contributed by atoms with van der Waals surface area (Å²) in [6.45, 7) is 0. The van der Waals surface area contributed by atoms with Gasteiger partial charge in [0.25, 0.3) is 0 Å². The number of nitrogens with one attached hydrogen (secondary N) is 2. The van der Waals surface area contributed by atoms with E-state index in [9.17, 15) is 0 Å². The van der Waals surface area contributed by atoms with Crippen molar-refractivity contribution >= 4 is 42.6 Å². The summed E-state index contributed by atoms with van der Waals surface area (Å²) in [7, 11) is 0. The molecule has 0 saturated heterocycles. The Balaban J connectivity index is 0.00000132. The second kappa shape index (κ2) is 6.81. The number of nitrogens with zero attached hydrogens (tertiary/aromatic N) is 1. The van der Waals surface area contributed by atoms with Gasteiger partial charge >= 0.3 is 0 Å². The molecule has 6 N–H and O–H groups in total. The van der Waals surface area contributed by atoms with Gasteiger partial charge in [-0.05, 0) is 17.7 Å². The number of benzene rings is 2. The van der Waals surface area contributed by atoms with Crippen LogP contribution in [0.25, 0.3) is 6.08 Å². The van der Waals surface area contributed by atoms with Crippen LogP contribution in [0.4, 0.5) is 0 Å². The third kappa shape index (κ3) is 2.93. The minimum absolute atomic E-state index is 0. The fourth-order valence-electron chi connectivity index (χ4n) is 2.60. The highest BCUT2D eigenvalue weighted by atomic mass is 35.5. The van der Waals surface area contributed by atoms with Gasteiger partial charge in [-0.15, -0.1) is 24.8 Å². The largest absolute Gasteiger partial charge is 0.385 e. The topological polar surface area (TPSA) is 112 Å². The molecule has 0 bridgehead atoms. The molecule has 2 aromatic rings. The number of hydrogen-bond donors (Lipinski definition) is 4. The first-order valence-corrected chi connectivity index (χ1v) is 6.51. The van der Waals surface area contributed by atoms with Gasteiger partial charge in [-0.3, -0.25) is 15.8 Å². The molecule has 0 saturated carbocycles. The molecule has 1 aliphatic rings. The molecule has 3 rings (SSSR count). The minimum atomic E-state index is -1.02. The van der Waals surface area contributed by atoms with Gasteiger partial charge in [0, 0.05) is 10.8 Å². The Morgan fingerprint density at radius 1 is 0.913 bits per heavy atom. The average Bonchev–Trinajstić information content (AvgIpc) is 2.88. The maximum Gasteiger partial charge on any atom is 0.162 e. The Hall–Kier alpha value is -2.37. The Morgan fingerprint density at radius 3 is 2.13 bits per heavy atom. The van der Waals surface area contributed by atoms with Crippen molar-refractivity contribution in [3.8, 4) is 0 Å². The molecule has 1 heterocycles. The molecule has 0 radical (unpaired) electrons. The summed E-state index contributed by atoms with van der Waals surface area (Å²) in [5, 5.41) is 17.1. The maximum atomic E-state index is 8.00. The van der Waals surface area contributed by atoms with E-state index < -0.39 is 5.54 Å². The molecule has 7 heteroatoms. The van der Waals surface area contributed by atoms with Crippen LogP contribution >= 0.6 is 24.8 Å². The Morgan fingerprint density at radius 2 is 1.57 bits per heavy atom. The van der Waals surface area contributed by atoms with Crippen molar-refractivity contribution in [3.63, 3.8) is 0 Å². The van der Waals surface area contributed by atoms with Crippen molar-refractivity contribution in [2.75, 3.05) is 0 Å². The van der Waals surface area contributed by atoms with Gasteiger partial charge in [-0.25, -0.2) is 0 Å². The van der Waals surface area contributed by atoms with Crippen molar-refractivity contribution in [1.82, 2.24) is 0 Å². The third-order valence-corrected chi connectivity index (χ3v) is 3.65. The van der Waals surface area contributed by atoms with Crippen LogP contribution in [-0.4, -0.2) is 11.7 Å². The van der Waals surface area contributed by atoms with Gasteiger partial charge in [-0.2, -0.15) is 0 Å². The number of fused-ring (bicyclic) bond motifs is 1. The summed E-state index contributed by atoms with van der Waals surface area (Å²) in [5.74, 6) is -0.0786. The van der Waals surface area contributed by atoms with Crippen LogP contribution in [0, 0.1) is 10.8 Å². The highest BCUT2D eigenvalue weighted by molar-refractivity contribution is 5.99. The molecule has 5 nitrogen and oxygen atoms in total. The number of rotatable bonds is 3. The molecule has 0 aliphatic carbocycles. The number of nitrogens with two attached hydrogens (primary N) is 2. The van der Waals surface area contributed by atoms with E-state index in [0.717, 1.165) is 10.8 Å². The molecule has 0 amide bonds. The van der Waals surface area contributed by atoms with Crippen LogP contribution in [0.2, 0.25) is 0 Å². The lowest BCUT2D eigenvalue weighted by atomic mass is 9.89. The summed E-state index contributed by atoms with van der Waals surface area (Å²) in [6, 6.07) is 14.9. The molecular formula is C16H17Cl2N5.